The lowest BCUT2D eigenvalue weighted by Crippen LogP contribution is -2.51. The minimum atomic E-state index is -5.01. The van der Waals surface area contributed by atoms with Crippen LogP contribution in [-0.4, -0.2) is 55.2 Å². The Morgan fingerprint density at radius 3 is 1.98 bits per heavy atom. The third kappa shape index (κ3) is 11.6. The summed E-state index contributed by atoms with van der Waals surface area (Å²) in [6.07, 6.45) is -7.39. The monoisotopic (exact) mass is 764 g/mol. The molecule has 0 heterocycles. The summed E-state index contributed by atoms with van der Waals surface area (Å²) in [5.41, 5.74) is 0.648. The zero-order valence-electron chi connectivity index (χ0n) is 26.8. The van der Waals surface area contributed by atoms with Crippen LogP contribution in [-0.2, 0) is 25.6 Å². The number of nitrogens with one attached hydrogen (secondary N) is 2. The molecule has 3 aromatic rings. The molecule has 3 aromatic carbocycles. The van der Waals surface area contributed by atoms with E-state index in [9.17, 15) is 41.1 Å². The van der Waals surface area contributed by atoms with Crippen LogP contribution >= 0.6 is 34.8 Å². The van der Waals surface area contributed by atoms with Gasteiger partial charge in [0.25, 0.3) is 11.8 Å². The average molecular weight is 766 g/mol. The van der Waals surface area contributed by atoms with Gasteiger partial charge in [0, 0.05) is 33.8 Å². The number of rotatable bonds is 16. The maximum absolute atomic E-state index is 14.9. The number of Topliss-reactive ketones (excluding diaryl/α,β-unsaturated/α-hetero) is 2. The Hall–Kier alpha value is -3.94. The first-order valence-electron chi connectivity index (χ1n) is 14.9. The lowest BCUT2D eigenvalue weighted by molar-refractivity contribution is -0.167. The molecule has 0 aliphatic heterocycles. The molecule has 0 saturated carbocycles. The summed E-state index contributed by atoms with van der Waals surface area (Å²) in [6, 6.07) is 15.0. The highest BCUT2D eigenvalue weighted by Crippen LogP contribution is 2.31. The number of ketones is 2. The van der Waals surface area contributed by atoms with Gasteiger partial charge in [-0.05, 0) is 65.6 Å². The fourth-order valence-corrected chi connectivity index (χ4v) is 5.57. The van der Waals surface area contributed by atoms with Crippen LogP contribution in [0.2, 0.25) is 15.1 Å². The van der Waals surface area contributed by atoms with Crippen molar-refractivity contribution in [3.05, 3.63) is 92.9 Å². The minimum Gasteiger partial charge on any atom is -0.497 e. The second-order valence-electron chi connectivity index (χ2n) is 11.5. The molecule has 3 rings (SSSR count). The lowest BCUT2D eigenvalue weighted by Gasteiger charge is -2.27. The van der Waals surface area contributed by atoms with Crippen LogP contribution in [0.15, 0.2) is 66.7 Å². The molecule has 270 valence electrons. The second kappa shape index (κ2) is 17.3. The van der Waals surface area contributed by atoms with Gasteiger partial charge < -0.3 is 20.1 Å². The lowest BCUT2D eigenvalue weighted by atomic mass is 9.82. The third-order valence-corrected chi connectivity index (χ3v) is 8.05. The minimum absolute atomic E-state index is 0.117. The van der Waals surface area contributed by atoms with Crippen LogP contribution < -0.4 is 20.1 Å². The number of hydrogen-bond donors (Lipinski definition) is 2. The van der Waals surface area contributed by atoms with Crippen molar-refractivity contribution < 1.29 is 50.6 Å². The zero-order valence-corrected chi connectivity index (χ0v) is 29.0. The number of ether oxygens (including phenoxy) is 2. The van der Waals surface area contributed by atoms with E-state index in [0.717, 1.165) is 5.32 Å². The molecule has 0 bridgehead atoms. The normalized spacial score (nSPS) is 13.6. The summed E-state index contributed by atoms with van der Waals surface area (Å²) >= 11 is 18.4. The van der Waals surface area contributed by atoms with Crippen molar-refractivity contribution in [3.63, 3.8) is 0 Å². The SMILES string of the molecule is COc1ccc([C@H](NC(=O)[C@@H](Cc2cc(Cl)cc(Cl)c2)Oc2cccc(Cl)c2)C(=O)C[C@H](C(=O)C(F)(F)C(=O)NCC(F)(F)F)C(C)C)cc1. The van der Waals surface area contributed by atoms with E-state index in [-0.39, 0.29) is 27.8 Å². The zero-order chi connectivity index (χ0) is 37.4. The first-order valence-corrected chi connectivity index (χ1v) is 16.1. The van der Waals surface area contributed by atoms with Gasteiger partial charge in [0.2, 0.25) is 5.78 Å². The Bertz CT molecular complexity index is 1670. The molecule has 0 radical (unpaired) electrons. The van der Waals surface area contributed by atoms with Gasteiger partial charge in [-0.2, -0.15) is 22.0 Å². The smallest absolute Gasteiger partial charge is 0.405 e. The van der Waals surface area contributed by atoms with Crippen LogP contribution in [0.5, 0.6) is 11.5 Å². The van der Waals surface area contributed by atoms with Gasteiger partial charge in [0.15, 0.2) is 11.9 Å². The highest BCUT2D eigenvalue weighted by atomic mass is 35.5. The van der Waals surface area contributed by atoms with Crippen LogP contribution in [0.1, 0.15) is 37.4 Å². The Labute approximate surface area is 299 Å². The molecule has 2 N–H and O–H groups in total. The van der Waals surface area contributed by atoms with Crippen molar-refractivity contribution in [2.24, 2.45) is 11.8 Å². The van der Waals surface area contributed by atoms with E-state index in [4.69, 9.17) is 44.3 Å². The fourth-order valence-electron chi connectivity index (χ4n) is 4.82. The molecule has 8 nitrogen and oxygen atoms in total. The second-order valence-corrected chi connectivity index (χ2v) is 12.8. The maximum Gasteiger partial charge on any atom is 0.405 e. The van der Waals surface area contributed by atoms with Crippen molar-refractivity contribution in [1.82, 2.24) is 10.6 Å². The standard InChI is InChI=1S/C34H32Cl3F5N2O6/c1-18(2)26(30(46)34(41,42)32(48)43-17-33(38,39)40)16-27(45)29(20-7-9-24(49-3)10-8-20)44-31(47)28(50-25-6-4-5-21(35)15-25)13-19-11-22(36)14-23(37)12-19/h4-12,14-15,18,26,28-29H,13,16-17H2,1-3H3,(H,43,48)(H,44,47)/t26-,28+,29-/m0/s1. The van der Waals surface area contributed by atoms with E-state index in [1.54, 1.807) is 24.3 Å². The van der Waals surface area contributed by atoms with Gasteiger partial charge in [0.1, 0.15) is 24.1 Å². The molecule has 0 aliphatic rings. The Balaban J connectivity index is 1.97. The molecule has 0 aliphatic carbocycles. The van der Waals surface area contributed by atoms with Crippen molar-refractivity contribution in [2.75, 3.05) is 13.7 Å². The van der Waals surface area contributed by atoms with Gasteiger partial charge in [-0.1, -0.05) is 66.8 Å². The van der Waals surface area contributed by atoms with Crippen molar-refractivity contribution in [3.8, 4) is 11.5 Å². The summed E-state index contributed by atoms with van der Waals surface area (Å²) in [5.74, 6) is -13.4. The van der Waals surface area contributed by atoms with E-state index in [2.05, 4.69) is 5.32 Å². The number of amides is 2. The number of benzene rings is 3. The third-order valence-electron chi connectivity index (χ3n) is 7.37. The van der Waals surface area contributed by atoms with Gasteiger partial charge >= 0.3 is 12.1 Å². The fraction of sp³-hybridized carbons (Fsp3) is 0.353. The van der Waals surface area contributed by atoms with E-state index in [1.165, 1.54) is 63.4 Å². The van der Waals surface area contributed by atoms with Gasteiger partial charge in [-0.3, -0.25) is 19.2 Å². The van der Waals surface area contributed by atoms with Gasteiger partial charge in [-0.15, -0.1) is 0 Å². The van der Waals surface area contributed by atoms with Gasteiger partial charge in [0.05, 0.1) is 7.11 Å². The van der Waals surface area contributed by atoms with E-state index >= 15 is 0 Å². The van der Waals surface area contributed by atoms with Crippen molar-refractivity contribution >= 4 is 58.2 Å². The molecule has 50 heavy (non-hydrogen) atoms. The molecule has 0 fully saturated rings. The number of carbonyl (C=O) groups excluding carboxylic acids is 4. The predicted octanol–water partition coefficient (Wildman–Crippen LogP) is 7.62. The summed E-state index contributed by atoms with van der Waals surface area (Å²) in [4.78, 5) is 52.8. The van der Waals surface area contributed by atoms with E-state index in [1.807, 2.05) is 0 Å². The highest BCUT2D eigenvalue weighted by molar-refractivity contribution is 6.34. The Kier molecular flexibility index (Phi) is 14.0. The molecule has 3 atom stereocenters. The predicted molar refractivity (Wildman–Crippen MR) is 177 cm³/mol. The number of carbonyl (C=O) groups is 4. The maximum atomic E-state index is 14.9. The highest BCUT2D eigenvalue weighted by Gasteiger charge is 2.52. The molecule has 0 aromatic heterocycles. The van der Waals surface area contributed by atoms with Crippen LogP contribution in [0.25, 0.3) is 0 Å². The first-order chi connectivity index (χ1) is 23.3. The quantitative estimate of drug-likeness (QED) is 0.115. The molecular weight excluding hydrogens is 734 g/mol. The molecule has 0 spiro atoms. The van der Waals surface area contributed by atoms with Crippen LogP contribution in [0.3, 0.4) is 0 Å². The van der Waals surface area contributed by atoms with E-state index < -0.39 is 72.4 Å². The topological polar surface area (TPSA) is 111 Å². The summed E-state index contributed by atoms with van der Waals surface area (Å²) in [6.45, 7) is 0.558. The number of hydrogen-bond acceptors (Lipinski definition) is 6. The number of alkyl halides is 5. The number of methoxy groups -OCH3 is 1. The summed E-state index contributed by atoms with van der Waals surface area (Å²) in [5, 5.41) is 4.43. The van der Waals surface area contributed by atoms with Crippen LogP contribution in [0, 0.1) is 11.8 Å². The number of halogens is 8. The average Bonchev–Trinajstić information content (AvgIpc) is 3.03. The molecule has 0 unspecified atom stereocenters. The molecule has 16 heteroatoms. The molecular formula is C34H32Cl3F5N2O6. The Morgan fingerprint density at radius 1 is 0.820 bits per heavy atom. The first kappa shape index (κ1) is 40.5. The van der Waals surface area contributed by atoms with Gasteiger partial charge in [-0.25, -0.2) is 0 Å². The molecule has 2 amide bonds. The van der Waals surface area contributed by atoms with E-state index in [0.29, 0.717) is 16.3 Å². The van der Waals surface area contributed by atoms with Crippen LogP contribution in [0.4, 0.5) is 22.0 Å². The van der Waals surface area contributed by atoms with Crippen molar-refractivity contribution in [1.29, 1.82) is 0 Å². The summed E-state index contributed by atoms with van der Waals surface area (Å²) < 4.78 is 78.6. The largest absolute Gasteiger partial charge is 0.497 e. The molecule has 0 saturated heterocycles. The van der Waals surface area contributed by atoms with Crippen molar-refractivity contribution in [2.45, 2.75) is 50.9 Å². The summed E-state index contributed by atoms with van der Waals surface area (Å²) in [7, 11) is 1.39. The Morgan fingerprint density at radius 2 is 1.44 bits per heavy atom.